The third-order valence-corrected chi connectivity index (χ3v) is 6.15. The smallest absolute Gasteiger partial charge is 0.291 e. The maximum Gasteiger partial charge on any atom is 0.291 e. The minimum absolute atomic E-state index is 0.219. The molecule has 0 aliphatic carbocycles. The Hall–Kier alpha value is -2.77. The van der Waals surface area contributed by atoms with E-state index in [9.17, 15) is 9.59 Å². The van der Waals surface area contributed by atoms with Crippen molar-refractivity contribution >= 4 is 51.1 Å². The van der Waals surface area contributed by atoms with E-state index < -0.39 is 0 Å². The van der Waals surface area contributed by atoms with Gasteiger partial charge in [0.25, 0.3) is 11.8 Å². The van der Waals surface area contributed by atoms with Crippen LogP contribution in [0.25, 0.3) is 0 Å². The lowest BCUT2D eigenvalue weighted by atomic mass is 10.2. The van der Waals surface area contributed by atoms with Crippen LogP contribution in [0.2, 0.25) is 5.02 Å². The zero-order valence-corrected chi connectivity index (χ0v) is 17.4. The number of hydrogen-bond donors (Lipinski definition) is 2. The van der Waals surface area contributed by atoms with Crippen LogP contribution in [0.15, 0.2) is 47.1 Å². The summed E-state index contributed by atoms with van der Waals surface area (Å²) in [7, 11) is 0. The van der Waals surface area contributed by atoms with Crippen LogP contribution in [0, 0.1) is 6.92 Å². The first-order chi connectivity index (χ1) is 14.0. The van der Waals surface area contributed by atoms with Gasteiger partial charge in [0.15, 0.2) is 5.76 Å². The van der Waals surface area contributed by atoms with Crippen LogP contribution in [0.4, 0.5) is 16.4 Å². The van der Waals surface area contributed by atoms with E-state index in [-0.39, 0.29) is 17.6 Å². The first-order valence-corrected chi connectivity index (χ1v) is 10.5. The molecule has 1 fully saturated rings. The van der Waals surface area contributed by atoms with Gasteiger partial charge in [-0.05, 0) is 61.7 Å². The van der Waals surface area contributed by atoms with E-state index in [0.717, 1.165) is 37.2 Å². The average molecular weight is 430 g/mol. The highest BCUT2D eigenvalue weighted by Gasteiger charge is 2.20. The molecule has 150 valence electrons. The molecule has 0 radical (unpaired) electrons. The molecule has 1 aromatic carbocycles. The van der Waals surface area contributed by atoms with E-state index in [1.165, 1.54) is 17.6 Å². The molecule has 0 bridgehead atoms. The number of furan rings is 1. The highest BCUT2D eigenvalue weighted by Crippen LogP contribution is 2.33. The lowest BCUT2D eigenvalue weighted by Gasteiger charge is -2.21. The molecule has 2 N–H and O–H groups in total. The van der Waals surface area contributed by atoms with Crippen molar-refractivity contribution in [2.24, 2.45) is 0 Å². The minimum atomic E-state index is -0.352. The topological polar surface area (TPSA) is 74.6 Å². The number of thiophene rings is 1. The van der Waals surface area contributed by atoms with Crippen molar-refractivity contribution in [1.29, 1.82) is 0 Å². The Labute approximate surface area is 177 Å². The first-order valence-electron chi connectivity index (χ1n) is 9.32. The summed E-state index contributed by atoms with van der Waals surface area (Å²) in [6.45, 7) is 3.77. The third-order valence-electron chi connectivity index (χ3n) is 4.76. The number of rotatable bonds is 5. The number of amides is 2. The molecule has 8 heteroatoms. The van der Waals surface area contributed by atoms with Gasteiger partial charge in [0, 0.05) is 18.1 Å². The number of benzene rings is 1. The molecule has 2 amide bonds. The van der Waals surface area contributed by atoms with Gasteiger partial charge in [0.1, 0.15) is 0 Å². The lowest BCUT2D eigenvalue weighted by molar-refractivity contribution is 0.0995. The number of aryl methyl sites for hydroxylation is 1. The SMILES string of the molecule is Cc1cc(NC(=O)c2ccco2)sc1C(=O)Nc1cc(Cl)ccc1N1CCCC1. The van der Waals surface area contributed by atoms with Gasteiger partial charge in [-0.3, -0.25) is 9.59 Å². The molecule has 6 nitrogen and oxygen atoms in total. The largest absolute Gasteiger partial charge is 0.459 e. The van der Waals surface area contributed by atoms with E-state index in [1.54, 1.807) is 24.3 Å². The molecule has 0 unspecified atom stereocenters. The Balaban J connectivity index is 1.53. The number of nitrogens with one attached hydrogen (secondary N) is 2. The molecular weight excluding hydrogens is 410 g/mol. The molecule has 0 saturated carbocycles. The van der Waals surface area contributed by atoms with Crippen LogP contribution in [-0.2, 0) is 0 Å². The maximum absolute atomic E-state index is 12.9. The van der Waals surface area contributed by atoms with Gasteiger partial charge in [-0.25, -0.2) is 0 Å². The summed E-state index contributed by atoms with van der Waals surface area (Å²) >= 11 is 7.39. The van der Waals surface area contributed by atoms with E-state index in [1.807, 2.05) is 19.1 Å². The van der Waals surface area contributed by atoms with Crippen molar-refractivity contribution in [2.75, 3.05) is 28.6 Å². The van der Waals surface area contributed by atoms with Crippen molar-refractivity contribution in [3.8, 4) is 0 Å². The Bertz CT molecular complexity index is 1040. The first kappa shape index (κ1) is 19.5. The molecule has 1 saturated heterocycles. The van der Waals surface area contributed by atoms with Crippen LogP contribution in [0.1, 0.15) is 38.6 Å². The molecule has 2 aromatic heterocycles. The second-order valence-electron chi connectivity index (χ2n) is 6.86. The Morgan fingerprint density at radius 2 is 1.90 bits per heavy atom. The van der Waals surface area contributed by atoms with Gasteiger partial charge >= 0.3 is 0 Å². The van der Waals surface area contributed by atoms with Crippen LogP contribution < -0.4 is 15.5 Å². The van der Waals surface area contributed by atoms with Crippen molar-refractivity contribution in [1.82, 2.24) is 0 Å². The van der Waals surface area contributed by atoms with Crippen LogP contribution >= 0.6 is 22.9 Å². The van der Waals surface area contributed by atoms with Crippen molar-refractivity contribution in [2.45, 2.75) is 19.8 Å². The van der Waals surface area contributed by atoms with E-state index in [0.29, 0.717) is 20.6 Å². The highest BCUT2D eigenvalue weighted by atomic mass is 35.5. The Morgan fingerprint density at radius 1 is 1.10 bits per heavy atom. The summed E-state index contributed by atoms with van der Waals surface area (Å²) in [5.41, 5.74) is 2.45. The van der Waals surface area contributed by atoms with Crippen LogP contribution in [0.5, 0.6) is 0 Å². The molecule has 29 heavy (non-hydrogen) atoms. The fourth-order valence-electron chi connectivity index (χ4n) is 3.37. The van der Waals surface area contributed by atoms with Crippen molar-refractivity contribution in [3.05, 3.63) is 63.9 Å². The predicted molar refractivity (Wildman–Crippen MR) is 117 cm³/mol. The summed E-state index contributed by atoms with van der Waals surface area (Å²) in [6.07, 6.45) is 3.72. The van der Waals surface area contributed by atoms with Crippen LogP contribution in [-0.4, -0.2) is 24.9 Å². The van der Waals surface area contributed by atoms with Gasteiger partial charge in [-0.2, -0.15) is 0 Å². The highest BCUT2D eigenvalue weighted by molar-refractivity contribution is 7.18. The number of anilines is 3. The normalized spacial score (nSPS) is 13.5. The number of carbonyl (C=O) groups excluding carboxylic acids is 2. The molecule has 4 rings (SSSR count). The van der Waals surface area contributed by atoms with Crippen LogP contribution in [0.3, 0.4) is 0 Å². The maximum atomic E-state index is 12.9. The summed E-state index contributed by atoms with van der Waals surface area (Å²) in [6, 6.07) is 10.6. The lowest BCUT2D eigenvalue weighted by Crippen LogP contribution is -2.21. The summed E-state index contributed by atoms with van der Waals surface area (Å²) < 4.78 is 5.10. The van der Waals surface area contributed by atoms with Gasteiger partial charge in [-0.1, -0.05) is 11.6 Å². The molecular formula is C21H20ClN3O3S. The Morgan fingerprint density at radius 3 is 2.62 bits per heavy atom. The van der Waals surface area contributed by atoms with Gasteiger partial charge in [-0.15, -0.1) is 11.3 Å². The van der Waals surface area contributed by atoms with Gasteiger partial charge in [0.05, 0.1) is 27.5 Å². The molecule has 0 spiro atoms. The molecule has 3 aromatic rings. The molecule has 1 aliphatic rings. The molecule has 3 heterocycles. The zero-order valence-electron chi connectivity index (χ0n) is 15.8. The molecule has 0 atom stereocenters. The summed E-state index contributed by atoms with van der Waals surface area (Å²) in [4.78, 5) is 27.9. The molecule has 1 aliphatic heterocycles. The van der Waals surface area contributed by atoms with E-state index >= 15 is 0 Å². The third kappa shape index (κ3) is 4.31. The fraction of sp³-hybridized carbons (Fsp3) is 0.238. The summed E-state index contributed by atoms with van der Waals surface area (Å²) in [5.74, 6) is -0.362. The van der Waals surface area contributed by atoms with Gasteiger partial charge < -0.3 is 20.0 Å². The predicted octanol–water partition coefficient (Wildman–Crippen LogP) is 5.41. The number of hydrogen-bond acceptors (Lipinski definition) is 5. The standard InChI is InChI=1S/C21H20ClN3O3S/c1-13-11-18(24-20(26)17-5-4-10-28-17)29-19(13)21(27)23-15-12-14(22)6-7-16(15)25-8-2-3-9-25/h4-7,10-12H,2-3,8-9H2,1H3,(H,23,27)(H,24,26). The zero-order chi connectivity index (χ0) is 20.4. The number of nitrogens with zero attached hydrogens (tertiary/aromatic N) is 1. The monoisotopic (exact) mass is 429 g/mol. The second kappa shape index (κ2) is 8.31. The van der Waals surface area contributed by atoms with E-state index in [2.05, 4.69) is 15.5 Å². The van der Waals surface area contributed by atoms with Crippen molar-refractivity contribution < 1.29 is 14.0 Å². The summed E-state index contributed by atoms with van der Waals surface area (Å²) in [5, 5.41) is 6.91. The number of halogens is 1. The number of carbonyl (C=O) groups is 2. The fourth-order valence-corrected chi connectivity index (χ4v) is 4.51. The van der Waals surface area contributed by atoms with Crippen molar-refractivity contribution in [3.63, 3.8) is 0 Å². The minimum Gasteiger partial charge on any atom is -0.459 e. The average Bonchev–Trinajstić information content (AvgIpc) is 3.44. The van der Waals surface area contributed by atoms with Gasteiger partial charge in [0.2, 0.25) is 0 Å². The van der Waals surface area contributed by atoms with E-state index in [4.69, 9.17) is 16.0 Å². The second-order valence-corrected chi connectivity index (χ2v) is 8.35. The quantitative estimate of drug-likeness (QED) is 0.568. The Kier molecular flexibility index (Phi) is 5.60.